The molecule has 1 rings (SSSR count). The van der Waals surface area contributed by atoms with Crippen LogP contribution in [-0.4, -0.2) is 32.3 Å². The van der Waals surface area contributed by atoms with E-state index < -0.39 is 0 Å². The molecule has 0 saturated heterocycles. The molecule has 0 unspecified atom stereocenters. The molecule has 4 heteroatoms. The summed E-state index contributed by atoms with van der Waals surface area (Å²) in [6.45, 7) is 1.55. The van der Waals surface area contributed by atoms with Crippen LogP contribution < -0.4 is 4.90 Å². The zero-order chi connectivity index (χ0) is 11.1. The summed E-state index contributed by atoms with van der Waals surface area (Å²) < 4.78 is 4.97. The molecule has 1 aromatic heterocycles. The molecule has 0 aliphatic carbocycles. The van der Waals surface area contributed by atoms with Gasteiger partial charge >= 0.3 is 0 Å². The molecule has 0 radical (unpaired) electrons. The fraction of sp³-hybridized carbons (Fsp3) is 0.455. The van der Waals surface area contributed by atoms with E-state index in [9.17, 15) is 0 Å². The number of pyridine rings is 1. The third-order valence-corrected chi connectivity index (χ3v) is 2.11. The molecular formula is C11H15N3O. The minimum absolute atomic E-state index is 0.609. The van der Waals surface area contributed by atoms with Crippen LogP contribution in [0.3, 0.4) is 0 Å². The highest BCUT2D eigenvalue weighted by Crippen LogP contribution is 2.14. The number of methoxy groups -OCH3 is 1. The van der Waals surface area contributed by atoms with E-state index >= 15 is 0 Å². The maximum Gasteiger partial charge on any atom is 0.146 e. The van der Waals surface area contributed by atoms with Gasteiger partial charge in [0.2, 0.25) is 0 Å². The number of nitrogens with zero attached hydrogens (tertiary/aromatic N) is 3. The van der Waals surface area contributed by atoms with Gasteiger partial charge in [0.15, 0.2) is 0 Å². The number of nitriles is 1. The highest BCUT2D eigenvalue weighted by Gasteiger charge is 2.07. The van der Waals surface area contributed by atoms with Crippen LogP contribution in [0.1, 0.15) is 12.0 Å². The van der Waals surface area contributed by atoms with Crippen molar-refractivity contribution in [1.82, 2.24) is 4.98 Å². The molecule has 80 valence electrons. The molecule has 0 aliphatic rings. The van der Waals surface area contributed by atoms with Crippen LogP contribution in [0.2, 0.25) is 0 Å². The van der Waals surface area contributed by atoms with Gasteiger partial charge in [-0.15, -0.1) is 0 Å². The second-order valence-electron chi connectivity index (χ2n) is 3.25. The van der Waals surface area contributed by atoms with Crippen molar-refractivity contribution < 1.29 is 4.74 Å². The van der Waals surface area contributed by atoms with E-state index in [1.54, 1.807) is 25.4 Å². The molecule has 0 atom stereocenters. The van der Waals surface area contributed by atoms with E-state index in [2.05, 4.69) is 11.1 Å². The lowest BCUT2D eigenvalue weighted by atomic mass is 10.2. The molecule has 0 bridgehead atoms. The van der Waals surface area contributed by atoms with Crippen LogP contribution in [0.5, 0.6) is 0 Å². The van der Waals surface area contributed by atoms with E-state index in [1.807, 2.05) is 11.9 Å². The van der Waals surface area contributed by atoms with Crippen molar-refractivity contribution in [3.05, 3.63) is 23.9 Å². The summed E-state index contributed by atoms with van der Waals surface area (Å²) in [5.41, 5.74) is 0.609. The Morgan fingerprint density at radius 3 is 3.07 bits per heavy atom. The Kier molecular flexibility index (Phi) is 4.58. The topological polar surface area (TPSA) is 49.1 Å². The van der Waals surface area contributed by atoms with Gasteiger partial charge in [0.05, 0.1) is 5.56 Å². The van der Waals surface area contributed by atoms with Crippen molar-refractivity contribution in [2.24, 2.45) is 0 Å². The Hall–Kier alpha value is -1.60. The summed E-state index contributed by atoms with van der Waals surface area (Å²) in [4.78, 5) is 6.16. The summed E-state index contributed by atoms with van der Waals surface area (Å²) in [5, 5.41) is 8.90. The van der Waals surface area contributed by atoms with Crippen LogP contribution in [0, 0.1) is 11.3 Å². The highest BCUT2D eigenvalue weighted by atomic mass is 16.5. The van der Waals surface area contributed by atoms with E-state index in [0.717, 1.165) is 25.4 Å². The van der Waals surface area contributed by atoms with Crippen LogP contribution >= 0.6 is 0 Å². The van der Waals surface area contributed by atoms with Gasteiger partial charge in [-0.2, -0.15) is 5.26 Å². The number of aromatic nitrogens is 1. The van der Waals surface area contributed by atoms with E-state index in [1.165, 1.54) is 0 Å². The number of hydrogen-bond donors (Lipinski definition) is 0. The number of anilines is 1. The van der Waals surface area contributed by atoms with Crippen molar-refractivity contribution in [1.29, 1.82) is 5.26 Å². The standard InChI is InChI=1S/C11H15N3O/c1-14(7-4-8-15-2)11-10(9-12)5-3-6-13-11/h3,5-6H,4,7-8H2,1-2H3. The van der Waals surface area contributed by atoms with Crippen molar-refractivity contribution >= 4 is 5.82 Å². The Morgan fingerprint density at radius 2 is 2.40 bits per heavy atom. The first-order valence-corrected chi connectivity index (χ1v) is 4.84. The van der Waals surface area contributed by atoms with E-state index in [4.69, 9.17) is 10.00 Å². The normalized spacial score (nSPS) is 9.67. The second kappa shape index (κ2) is 5.99. The Labute approximate surface area is 90.1 Å². The monoisotopic (exact) mass is 205 g/mol. The summed E-state index contributed by atoms with van der Waals surface area (Å²) in [5.74, 6) is 0.733. The first kappa shape index (κ1) is 11.5. The van der Waals surface area contributed by atoms with Gasteiger partial charge in [0, 0.05) is 33.5 Å². The predicted octanol–water partition coefficient (Wildman–Crippen LogP) is 1.43. The predicted molar refractivity (Wildman–Crippen MR) is 58.7 cm³/mol. The summed E-state index contributed by atoms with van der Waals surface area (Å²) in [7, 11) is 3.61. The van der Waals surface area contributed by atoms with Crippen LogP contribution in [0.15, 0.2) is 18.3 Å². The molecule has 0 amide bonds. The van der Waals surface area contributed by atoms with Crippen molar-refractivity contribution in [3.8, 4) is 6.07 Å². The second-order valence-corrected chi connectivity index (χ2v) is 3.25. The molecule has 15 heavy (non-hydrogen) atoms. The number of rotatable bonds is 5. The van der Waals surface area contributed by atoms with Gasteiger partial charge in [-0.05, 0) is 18.6 Å². The molecule has 0 aliphatic heterocycles. The van der Waals surface area contributed by atoms with Gasteiger partial charge in [0.25, 0.3) is 0 Å². The molecule has 0 spiro atoms. The van der Waals surface area contributed by atoms with E-state index in [0.29, 0.717) is 5.56 Å². The quantitative estimate of drug-likeness (QED) is 0.682. The van der Waals surface area contributed by atoms with Gasteiger partial charge in [-0.3, -0.25) is 0 Å². The zero-order valence-corrected chi connectivity index (χ0v) is 9.10. The lowest BCUT2D eigenvalue weighted by molar-refractivity contribution is 0.196. The van der Waals surface area contributed by atoms with Gasteiger partial charge in [-0.1, -0.05) is 0 Å². The molecule has 0 saturated carbocycles. The smallest absolute Gasteiger partial charge is 0.146 e. The molecule has 4 nitrogen and oxygen atoms in total. The fourth-order valence-electron chi connectivity index (χ4n) is 1.34. The fourth-order valence-corrected chi connectivity index (χ4v) is 1.34. The maximum absolute atomic E-state index is 8.90. The average molecular weight is 205 g/mol. The summed E-state index contributed by atoms with van der Waals surface area (Å²) in [6.07, 6.45) is 2.62. The SMILES string of the molecule is COCCCN(C)c1ncccc1C#N. The van der Waals surface area contributed by atoms with E-state index in [-0.39, 0.29) is 0 Å². The highest BCUT2D eigenvalue weighted by molar-refractivity contribution is 5.52. The lowest BCUT2D eigenvalue weighted by Gasteiger charge is -2.18. The number of hydrogen-bond acceptors (Lipinski definition) is 4. The minimum atomic E-state index is 0.609. The molecule has 0 fully saturated rings. The molecule has 0 N–H and O–H groups in total. The van der Waals surface area contributed by atoms with Crippen LogP contribution in [-0.2, 0) is 4.74 Å². The van der Waals surface area contributed by atoms with Gasteiger partial charge in [0.1, 0.15) is 11.9 Å². The third-order valence-electron chi connectivity index (χ3n) is 2.11. The first-order chi connectivity index (χ1) is 7.29. The molecular weight excluding hydrogens is 190 g/mol. The summed E-state index contributed by atoms with van der Waals surface area (Å²) >= 11 is 0. The largest absolute Gasteiger partial charge is 0.385 e. The maximum atomic E-state index is 8.90. The summed E-state index contributed by atoms with van der Waals surface area (Å²) in [6, 6.07) is 5.67. The zero-order valence-electron chi connectivity index (χ0n) is 9.10. The van der Waals surface area contributed by atoms with Crippen LogP contribution in [0.25, 0.3) is 0 Å². The van der Waals surface area contributed by atoms with Crippen molar-refractivity contribution in [2.45, 2.75) is 6.42 Å². The number of ether oxygens (including phenoxy) is 1. The van der Waals surface area contributed by atoms with Crippen molar-refractivity contribution in [3.63, 3.8) is 0 Å². The average Bonchev–Trinajstić information content (AvgIpc) is 2.29. The van der Waals surface area contributed by atoms with Crippen LogP contribution in [0.4, 0.5) is 5.82 Å². The van der Waals surface area contributed by atoms with Gasteiger partial charge < -0.3 is 9.64 Å². The molecule has 1 heterocycles. The molecule has 1 aromatic rings. The minimum Gasteiger partial charge on any atom is -0.385 e. The third kappa shape index (κ3) is 3.22. The lowest BCUT2D eigenvalue weighted by Crippen LogP contribution is -2.21. The Balaban J connectivity index is 2.65. The van der Waals surface area contributed by atoms with Gasteiger partial charge in [-0.25, -0.2) is 4.98 Å². The Bertz CT molecular complexity index is 346. The molecule has 0 aromatic carbocycles. The Morgan fingerprint density at radius 1 is 1.60 bits per heavy atom. The van der Waals surface area contributed by atoms with Crippen molar-refractivity contribution in [2.75, 3.05) is 32.2 Å². The first-order valence-electron chi connectivity index (χ1n) is 4.84.